The first-order valence-corrected chi connectivity index (χ1v) is 30.3. The average Bonchev–Trinajstić information content (AvgIpc) is 2.65. The number of H-pyrrole nitrogens is 1. The Morgan fingerprint density at radius 3 is 1.92 bits per heavy atom. The second-order valence-electron chi connectivity index (χ2n) is 19.9. The van der Waals surface area contributed by atoms with Crippen LogP contribution in [0.25, 0.3) is 0 Å². The number of nitrogens with one attached hydrogen (secondary N) is 1. The number of hydrogen-bond donors (Lipinski definition) is 2. The van der Waals surface area contributed by atoms with Crippen LogP contribution in [0.15, 0.2) is 49.8 Å². The lowest BCUT2D eigenvalue weighted by molar-refractivity contribution is -0.156. The van der Waals surface area contributed by atoms with Crippen LogP contribution in [0.2, 0.25) is 18.1 Å². The molecule has 2 aliphatic heterocycles. The molecule has 2 fully saturated rings. The van der Waals surface area contributed by atoms with Crippen LogP contribution in [0.4, 0.5) is 0 Å². The molecule has 2 aliphatic rings. The third kappa shape index (κ3) is 18.3. The van der Waals surface area contributed by atoms with Crippen LogP contribution >= 0.6 is 7.60 Å². The van der Waals surface area contributed by atoms with Crippen molar-refractivity contribution in [2.24, 2.45) is 0 Å². The molecule has 0 spiro atoms. The molecule has 22 heteroatoms. The molecule has 2 saturated heterocycles. The smallest absolute Gasteiger partial charge is 0.340 e. The van der Waals surface area contributed by atoms with Gasteiger partial charge in [0.15, 0.2) is 20.6 Å². The van der Waals surface area contributed by atoms with Gasteiger partial charge in [0.1, 0.15) is 42.2 Å². The van der Waals surface area contributed by atoms with Crippen molar-refractivity contribution in [2.45, 2.75) is 129 Å². The molecule has 0 aliphatic carbocycles. The van der Waals surface area contributed by atoms with Crippen molar-refractivity contribution >= 4 is 33.6 Å². The molecule has 0 radical (unpaired) electrons. The molecule has 0 amide bonds. The minimum absolute atomic E-state index is 0.106. The van der Waals surface area contributed by atoms with E-state index in [2.05, 4.69) is 129 Å². The summed E-state index contributed by atoms with van der Waals surface area (Å²) in [7, 11) is -7.17. The fourth-order valence-corrected chi connectivity index (χ4v) is 9.98. The number of carbonyl (C=O) groups excluding carboxylic acids is 3. The molecule has 0 saturated carbocycles. The Bertz CT molecular complexity index is 4150. The van der Waals surface area contributed by atoms with Gasteiger partial charge in [-0.05, 0) is 116 Å². The average molecular weight is 1170 g/mol. The first-order chi connectivity index (χ1) is 39.8. The predicted octanol–water partition coefficient (Wildman–Crippen LogP) is 3.25. The number of aliphatic hydroxyl groups is 1. The summed E-state index contributed by atoms with van der Waals surface area (Å²) in [6.45, 7) is 15.6. The number of esters is 1. The number of terminal acetylenes is 1. The maximum Gasteiger partial charge on any atom is 0.340 e. The summed E-state index contributed by atoms with van der Waals surface area (Å²) in [6, 6.07) is 3.71. The molecule has 5 rings (SSSR count). The number of carbonyl (C=O) groups is 3. The highest BCUT2D eigenvalue weighted by Crippen LogP contribution is 2.50. The summed E-state index contributed by atoms with van der Waals surface area (Å²) in [4.78, 5) is 95.3. The van der Waals surface area contributed by atoms with Crippen LogP contribution in [0, 0.1) is 152 Å². The van der Waals surface area contributed by atoms with E-state index in [1.54, 1.807) is 13.8 Å². The van der Waals surface area contributed by atoms with Gasteiger partial charge in [-0.25, -0.2) is 9.59 Å². The maximum absolute atomic E-state index is 14.7. The van der Waals surface area contributed by atoms with E-state index in [1.807, 2.05) is 33.9 Å². The Morgan fingerprint density at radius 1 is 0.798 bits per heavy atom. The van der Waals surface area contributed by atoms with Gasteiger partial charge in [0.25, 0.3) is 17.0 Å². The summed E-state index contributed by atoms with van der Waals surface area (Å²) >= 11 is 0. The highest BCUT2D eigenvalue weighted by Gasteiger charge is 2.54. The summed E-state index contributed by atoms with van der Waals surface area (Å²) in [6.07, 6.45) is 0.139. The summed E-state index contributed by atoms with van der Waals surface area (Å²) in [5.74, 6) is 46.8. The minimum atomic E-state index is -4.21. The van der Waals surface area contributed by atoms with Crippen LogP contribution in [-0.2, 0) is 41.8 Å². The van der Waals surface area contributed by atoms with Gasteiger partial charge >= 0.3 is 24.9 Å². The third-order valence-corrected chi connectivity index (χ3v) is 18.6. The highest BCUT2D eigenvalue weighted by atomic mass is 31.2. The molecular weight excluding hydrogens is 1120 g/mol. The van der Waals surface area contributed by atoms with Crippen molar-refractivity contribution in [1.82, 2.24) is 18.7 Å². The first kappa shape index (κ1) is 65.4. The lowest BCUT2D eigenvalue weighted by Gasteiger charge is -2.40. The van der Waals surface area contributed by atoms with Gasteiger partial charge < -0.3 is 42.3 Å². The monoisotopic (exact) mass is 1170 g/mol. The first-order valence-electron chi connectivity index (χ1n) is 25.4. The van der Waals surface area contributed by atoms with E-state index in [1.165, 1.54) is 32.2 Å². The Hall–Kier alpha value is -9.44. The standard InChI is InChI=1S/C62H55N4O16PSi/c1-12-13-14-15-16-17-18-19-20-21-22-23-24-25-26-27-28-29-30-31-36-76-48-38-47(37-43(2)46(48)5)58(72)66-52(69)34-35-64(61(66)74)59-56(82-84(10,11)62(6,7)8)55(80-54(70)33-32-45(4)68)51(79-59)42-77-83(9,75)81-49-39-53(78-50(49)41-67)65-40-44(3)57(71)63-60(65)73/h1,34-35,37-38,40,49-51,53,55-56,59,67H,32-33,39,41-42H2,2-11H3,(H,63,71,73)/t49?,50-,51-,53-,55?,56+,59-,83?/m1/s1. The highest BCUT2D eigenvalue weighted by molar-refractivity contribution is 7.53. The Labute approximate surface area is 486 Å². The third-order valence-electron chi connectivity index (χ3n) is 12.9. The fourth-order valence-electron chi connectivity index (χ4n) is 7.50. The van der Waals surface area contributed by atoms with Gasteiger partial charge in [-0.3, -0.25) is 37.9 Å². The van der Waals surface area contributed by atoms with Crippen molar-refractivity contribution in [3.63, 3.8) is 0 Å². The predicted molar refractivity (Wildman–Crippen MR) is 310 cm³/mol. The molecule has 2 aromatic heterocycles. The SMILES string of the molecule is C#CC#CC#CC#CC#CC#CC#CC#CC#CC#CC#COc1cc(C(=O)n2c(=O)ccn([C@@H]3O[C@H](COP(C)(=O)OC4C[C@H](n5cc(C)c(=O)[nH]c5=O)O[C@@H]4CO)C(OC(=O)CCC(C)=O)[C@@H]3O[Si](C)(C)C(C)(C)C)c2=O)cc(C)c1C. The Balaban J connectivity index is 1.41. The van der Waals surface area contributed by atoms with Gasteiger partial charge in [0.05, 0.1) is 25.7 Å². The van der Waals surface area contributed by atoms with Crippen LogP contribution in [0.3, 0.4) is 0 Å². The van der Waals surface area contributed by atoms with E-state index in [0.717, 1.165) is 28.1 Å². The number of Topliss-reactive ketones (excluding diaryl/α,β-unsaturated/α-hetero) is 1. The van der Waals surface area contributed by atoms with E-state index < -0.39 is 112 Å². The van der Waals surface area contributed by atoms with Crippen LogP contribution in [0.1, 0.15) is 86.5 Å². The molecule has 1 aromatic carbocycles. The van der Waals surface area contributed by atoms with Crippen molar-refractivity contribution in [2.75, 3.05) is 19.9 Å². The molecule has 20 nitrogen and oxygen atoms in total. The quantitative estimate of drug-likeness (QED) is 0.0904. The number of hydrogen-bond acceptors (Lipinski definition) is 16. The maximum atomic E-state index is 14.7. The summed E-state index contributed by atoms with van der Waals surface area (Å²) in [5.41, 5.74) is -2.42. The zero-order valence-corrected chi connectivity index (χ0v) is 49.3. The second kappa shape index (κ2) is 30.0. The number of aromatic amines is 1. The molecule has 2 N–H and O–H groups in total. The minimum Gasteiger partial charge on any atom is -0.457 e. The van der Waals surface area contributed by atoms with E-state index in [9.17, 15) is 43.2 Å². The van der Waals surface area contributed by atoms with Gasteiger partial charge in [0.2, 0.25) is 0 Å². The normalized spacial score (nSPS) is 18.7. The number of rotatable bonds is 16. The number of aliphatic hydroxyl groups excluding tert-OH is 1. The van der Waals surface area contributed by atoms with Crippen molar-refractivity contribution in [1.29, 1.82) is 0 Å². The van der Waals surface area contributed by atoms with Crippen LogP contribution in [-0.4, -0.2) is 100 Å². The number of nitrogens with zero attached hydrogens (tertiary/aromatic N) is 3. The zero-order chi connectivity index (χ0) is 61.8. The number of aryl methyl sites for hydroxylation is 2. The van der Waals surface area contributed by atoms with Crippen molar-refractivity contribution < 1.29 is 56.5 Å². The lowest BCUT2D eigenvalue weighted by Crippen LogP contribution is -2.51. The largest absolute Gasteiger partial charge is 0.457 e. The van der Waals surface area contributed by atoms with Gasteiger partial charge in [-0.15, -0.1) is 6.42 Å². The number of benzene rings is 1. The van der Waals surface area contributed by atoms with E-state index >= 15 is 0 Å². The molecule has 4 heterocycles. The van der Waals surface area contributed by atoms with Crippen LogP contribution in [0.5, 0.6) is 5.75 Å². The summed E-state index contributed by atoms with van der Waals surface area (Å²) in [5, 5.41) is 9.71. The van der Waals surface area contributed by atoms with Gasteiger partial charge in [-0.1, -0.05) is 20.8 Å². The molecule has 3 aromatic rings. The molecule has 428 valence electrons. The topological polar surface area (TPSA) is 252 Å². The van der Waals surface area contributed by atoms with Crippen LogP contribution < -0.4 is 27.2 Å². The van der Waals surface area contributed by atoms with Gasteiger partial charge in [-0.2, -0.15) is 4.57 Å². The Morgan fingerprint density at radius 2 is 1.37 bits per heavy atom. The fraction of sp³-hybridized carbons (Fsp3) is 0.371. The molecule has 0 bridgehead atoms. The number of aromatic nitrogens is 4. The molecule has 3 unspecified atom stereocenters. The second-order valence-corrected chi connectivity index (χ2v) is 26.7. The Kier molecular flexibility index (Phi) is 23.4. The summed E-state index contributed by atoms with van der Waals surface area (Å²) < 4.78 is 59.4. The van der Waals surface area contributed by atoms with Crippen molar-refractivity contribution in [3.8, 4) is 137 Å². The van der Waals surface area contributed by atoms with E-state index in [0.29, 0.717) is 15.7 Å². The number of ether oxygens (including phenoxy) is 4. The van der Waals surface area contributed by atoms with E-state index in [4.69, 9.17) is 38.8 Å². The number of ketones is 1. The van der Waals surface area contributed by atoms with E-state index in [-0.39, 0.29) is 41.9 Å². The lowest BCUT2D eigenvalue weighted by atomic mass is 10.0. The molecular formula is C62H55N4O16PSi. The molecule has 84 heavy (non-hydrogen) atoms. The van der Waals surface area contributed by atoms with Gasteiger partial charge in [0, 0.05) is 120 Å². The zero-order valence-electron chi connectivity index (χ0n) is 47.4. The van der Waals surface area contributed by atoms with Crippen molar-refractivity contribution in [3.05, 3.63) is 94.5 Å². The molecule has 8 atom stereocenters.